The predicted octanol–water partition coefficient (Wildman–Crippen LogP) is 3.95. The van der Waals surface area contributed by atoms with E-state index in [-0.39, 0.29) is 5.82 Å². The summed E-state index contributed by atoms with van der Waals surface area (Å²) in [7, 11) is 0. The molecule has 0 radical (unpaired) electrons. The second-order valence-corrected chi connectivity index (χ2v) is 5.22. The molecular formula is C18H22FNO. The SMILES string of the molecule is CCNC(C)Cc1ccc(OCc2ccc(F)cc2)cc1. The summed E-state index contributed by atoms with van der Waals surface area (Å²) in [6.07, 6.45) is 1.01. The maximum absolute atomic E-state index is 12.8. The number of nitrogens with one attached hydrogen (secondary N) is 1. The summed E-state index contributed by atoms with van der Waals surface area (Å²) in [4.78, 5) is 0. The van der Waals surface area contributed by atoms with E-state index in [0.29, 0.717) is 12.6 Å². The van der Waals surface area contributed by atoms with Crippen LogP contribution in [0.25, 0.3) is 0 Å². The fraction of sp³-hybridized carbons (Fsp3) is 0.333. The van der Waals surface area contributed by atoms with Gasteiger partial charge < -0.3 is 10.1 Å². The Bertz CT molecular complexity index is 536. The Morgan fingerprint density at radius 2 is 1.62 bits per heavy atom. The normalized spacial score (nSPS) is 12.1. The van der Waals surface area contributed by atoms with Crippen molar-refractivity contribution in [3.05, 3.63) is 65.5 Å². The van der Waals surface area contributed by atoms with Gasteiger partial charge in [-0.1, -0.05) is 31.2 Å². The maximum Gasteiger partial charge on any atom is 0.123 e. The van der Waals surface area contributed by atoms with Crippen LogP contribution in [0.3, 0.4) is 0 Å². The predicted molar refractivity (Wildman–Crippen MR) is 84.0 cm³/mol. The molecule has 2 aromatic carbocycles. The first-order valence-electron chi connectivity index (χ1n) is 7.37. The molecule has 0 aliphatic carbocycles. The van der Waals surface area contributed by atoms with Crippen LogP contribution in [0.1, 0.15) is 25.0 Å². The first-order valence-corrected chi connectivity index (χ1v) is 7.37. The molecule has 0 aliphatic rings. The number of ether oxygens (including phenoxy) is 1. The van der Waals surface area contributed by atoms with E-state index in [1.165, 1.54) is 17.7 Å². The summed E-state index contributed by atoms with van der Waals surface area (Å²) in [5, 5.41) is 3.40. The van der Waals surface area contributed by atoms with Crippen LogP contribution >= 0.6 is 0 Å². The Morgan fingerprint density at radius 3 is 2.24 bits per heavy atom. The highest BCUT2D eigenvalue weighted by molar-refractivity contribution is 5.28. The summed E-state index contributed by atoms with van der Waals surface area (Å²) in [6, 6.07) is 15.0. The first-order chi connectivity index (χ1) is 10.2. The third-order valence-electron chi connectivity index (χ3n) is 3.34. The number of benzene rings is 2. The zero-order valence-electron chi connectivity index (χ0n) is 12.6. The van der Waals surface area contributed by atoms with E-state index in [4.69, 9.17) is 4.74 Å². The molecule has 0 heterocycles. The van der Waals surface area contributed by atoms with Crippen LogP contribution in [0.15, 0.2) is 48.5 Å². The molecule has 0 aromatic heterocycles. The second kappa shape index (κ2) is 7.79. The minimum absolute atomic E-state index is 0.224. The van der Waals surface area contributed by atoms with Crippen molar-refractivity contribution in [2.45, 2.75) is 32.9 Å². The van der Waals surface area contributed by atoms with Gasteiger partial charge in [-0.05, 0) is 55.3 Å². The lowest BCUT2D eigenvalue weighted by Gasteiger charge is -2.12. The molecule has 0 saturated heterocycles. The number of hydrogen-bond acceptors (Lipinski definition) is 2. The average Bonchev–Trinajstić information content (AvgIpc) is 2.48. The summed E-state index contributed by atoms with van der Waals surface area (Å²) in [5.41, 5.74) is 2.25. The Morgan fingerprint density at radius 1 is 1.00 bits per heavy atom. The molecule has 0 amide bonds. The van der Waals surface area contributed by atoms with Crippen molar-refractivity contribution in [2.75, 3.05) is 6.54 Å². The van der Waals surface area contributed by atoms with Gasteiger partial charge in [-0.15, -0.1) is 0 Å². The monoisotopic (exact) mass is 287 g/mol. The Kier molecular flexibility index (Phi) is 5.76. The lowest BCUT2D eigenvalue weighted by Crippen LogP contribution is -2.27. The fourth-order valence-electron chi connectivity index (χ4n) is 2.24. The molecule has 1 atom stereocenters. The Labute approximate surface area is 126 Å². The highest BCUT2D eigenvalue weighted by atomic mass is 19.1. The van der Waals surface area contributed by atoms with Crippen LogP contribution in [0.4, 0.5) is 4.39 Å². The van der Waals surface area contributed by atoms with Crippen LogP contribution in [0.5, 0.6) is 5.75 Å². The van der Waals surface area contributed by atoms with Crippen LogP contribution in [-0.4, -0.2) is 12.6 Å². The molecular weight excluding hydrogens is 265 g/mol. The van der Waals surface area contributed by atoms with E-state index in [1.54, 1.807) is 12.1 Å². The van der Waals surface area contributed by atoms with Gasteiger partial charge in [0.05, 0.1) is 0 Å². The molecule has 1 N–H and O–H groups in total. The minimum Gasteiger partial charge on any atom is -0.489 e. The lowest BCUT2D eigenvalue weighted by molar-refractivity contribution is 0.306. The van der Waals surface area contributed by atoms with Gasteiger partial charge in [0, 0.05) is 6.04 Å². The summed E-state index contributed by atoms with van der Waals surface area (Å²) in [6.45, 7) is 5.73. The highest BCUT2D eigenvalue weighted by Gasteiger charge is 2.02. The van der Waals surface area contributed by atoms with Gasteiger partial charge in [0.15, 0.2) is 0 Å². The minimum atomic E-state index is -0.224. The third-order valence-corrected chi connectivity index (χ3v) is 3.34. The Hall–Kier alpha value is -1.87. The zero-order valence-corrected chi connectivity index (χ0v) is 12.6. The number of halogens is 1. The van der Waals surface area contributed by atoms with Gasteiger partial charge in [0.25, 0.3) is 0 Å². The zero-order chi connectivity index (χ0) is 15.1. The van der Waals surface area contributed by atoms with E-state index in [2.05, 4.69) is 31.3 Å². The molecule has 3 heteroatoms. The molecule has 2 nitrogen and oxygen atoms in total. The molecule has 0 fully saturated rings. The van der Waals surface area contributed by atoms with Crippen molar-refractivity contribution in [3.8, 4) is 5.75 Å². The molecule has 2 rings (SSSR count). The molecule has 0 spiro atoms. The largest absolute Gasteiger partial charge is 0.489 e. The number of likely N-dealkylation sites (N-methyl/N-ethyl adjacent to an activating group) is 1. The first kappa shape index (κ1) is 15.5. The van der Waals surface area contributed by atoms with Gasteiger partial charge in [0.1, 0.15) is 18.2 Å². The molecule has 21 heavy (non-hydrogen) atoms. The summed E-state index contributed by atoms with van der Waals surface area (Å²) in [5.74, 6) is 0.608. The van der Waals surface area contributed by atoms with Crippen molar-refractivity contribution in [1.82, 2.24) is 5.32 Å². The molecule has 112 valence electrons. The topological polar surface area (TPSA) is 21.3 Å². The van der Waals surface area contributed by atoms with E-state index in [9.17, 15) is 4.39 Å². The van der Waals surface area contributed by atoms with E-state index in [0.717, 1.165) is 24.3 Å². The van der Waals surface area contributed by atoms with Gasteiger partial charge >= 0.3 is 0 Å². The second-order valence-electron chi connectivity index (χ2n) is 5.22. The van der Waals surface area contributed by atoms with Crippen molar-refractivity contribution in [3.63, 3.8) is 0 Å². The van der Waals surface area contributed by atoms with Gasteiger partial charge in [-0.2, -0.15) is 0 Å². The van der Waals surface area contributed by atoms with Crippen molar-refractivity contribution in [1.29, 1.82) is 0 Å². The van der Waals surface area contributed by atoms with E-state index < -0.39 is 0 Å². The van der Waals surface area contributed by atoms with Crippen LogP contribution in [-0.2, 0) is 13.0 Å². The van der Waals surface area contributed by atoms with E-state index >= 15 is 0 Å². The van der Waals surface area contributed by atoms with Gasteiger partial charge in [-0.3, -0.25) is 0 Å². The molecule has 1 unspecified atom stereocenters. The van der Waals surface area contributed by atoms with Gasteiger partial charge in [-0.25, -0.2) is 4.39 Å². The standard InChI is InChI=1S/C18H22FNO/c1-3-20-14(2)12-15-6-10-18(11-7-15)21-13-16-4-8-17(19)9-5-16/h4-11,14,20H,3,12-13H2,1-2H3. The third kappa shape index (κ3) is 5.20. The molecule has 2 aromatic rings. The van der Waals surface area contributed by atoms with E-state index in [1.807, 2.05) is 12.1 Å². The van der Waals surface area contributed by atoms with Crippen LogP contribution in [0, 0.1) is 5.82 Å². The number of hydrogen-bond donors (Lipinski definition) is 1. The maximum atomic E-state index is 12.8. The summed E-state index contributed by atoms with van der Waals surface area (Å²) >= 11 is 0. The Balaban J connectivity index is 1.86. The molecule has 0 bridgehead atoms. The fourth-order valence-corrected chi connectivity index (χ4v) is 2.24. The van der Waals surface area contributed by atoms with Crippen LogP contribution < -0.4 is 10.1 Å². The quantitative estimate of drug-likeness (QED) is 0.832. The van der Waals surface area contributed by atoms with Crippen molar-refractivity contribution in [2.24, 2.45) is 0 Å². The number of rotatable bonds is 7. The smallest absolute Gasteiger partial charge is 0.123 e. The summed E-state index contributed by atoms with van der Waals surface area (Å²) < 4.78 is 18.5. The van der Waals surface area contributed by atoms with Crippen LogP contribution in [0.2, 0.25) is 0 Å². The average molecular weight is 287 g/mol. The highest BCUT2D eigenvalue weighted by Crippen LogP contribution is 2.15. The van der Waals surface area contributed by atoms with Crippen molar-refractivity contribution >= 4 is 0 Å². The van der Waals surface area contributed by atoms with Gasteiger partial charge in [0.2, 0.25) is 0 Å². The molecule has 0 saturated carbocycles. The molecule has 0 aliphatic heterocycles. The van der Waals surface area contributed by atoms with Crippen molar-refractivity contribution < 1.29 is 9.13 Å². The lowest BCUT2D eigenvalue weighted by atomic mass is 10.1.